The van der Waals surface area contributed by atoms with E-state index in [1.54, 1.807) is 9.80 Å². The normalized spacial score (nSPS) is 20.1. The van der Waals surface area contributed by atoms with Crippen molar-refractivity contribution < 1.29 is 41.5 Å². The van der Waals surface area contributed by atoms with Gasteiger partial charge in [0.1, 0.15) is 41.6 Å². The predicted octanol–water partition coefficient (Wildman–Crippen LogP) is 6.00. The smallest absolute Gasteiger partial charge is 0.251 e. The van der Waals surface area contributed by atoms with Crippen molar-refractivity contribution in [2.75, 3.05) is 32.7 Å². The van der Waals surface area contributed by atoms with Crippen molar-refractivity contribution in [1.29, 1.82) is 0 Å². The highest BCUT2D eigenvalue weighted by molar-refractivity contribution is 5.98. The molecule has 6 atom stereocenters. The van der Waals surface area contributed by atoms with Crippen LogP contribution in [0.5, 0.6) is 0 Å². The van der Waals surface area contributed by atoms with Crippen molar-refractivity contribution >= 4 is 29.9 Å². The Kier molecular flexibility index (Phi) is 16.6. The van der Waals surface area contributed by atoms with Crippen molar-refractivity contribution in [3.8, 4) is 0 Å². The van der Waals surface area contributed by atoms with Crippen molar-refractivity contribution in [3.05, 3.63) is 143 Å². The lowest BCUT2D eigenvalue weighted by Crippen LogP contribution is -2.53. The third-order valence-corrected chi connectivity index (χ3v) is 11.6. The quantitative estimate of drug-likeness (QED) is 0.0613. The molecule has 0 unspecified atom stereocenters. The third kappa shape index (κ3) is 13.8. The highest BCUT2D eigenvalue weighted by Crippen LogP contribution is 2.41. The molecular formula is C48H54F4N6O5. The molecule has 0 spiro atoms. The summed E-state index contributed by atoms with van der Waals surface area (Å²) in [6, 6.07) is 23.0. The van der Waals surface area contributed by atoms with Crippen molar-refractivity contribution in [1.82, 2.24) is 25.8 Å². The van der Waals surface area contributed by atoms with Gasteiger partial charge in [0.15, 0.2) is 0 Å². The highest BCUT2D eigenvalue weighted by Gasteiger charge is 2.38. The maximum absolute atomic E-state index is 13.1. The number of hydrogen-bond donors (Lipinski definition) is 4. The van der Waals surface area contributed by atoms with E-state index in [0.717, 1.165) is 63.6 Å². The zero-order valence-electron chi connectivity index (χ0n) is 35.0. The van der Waals surface area contributed by atoms with Gasteiger partial charge >= 0.3 is 0 Å². The lowest BCUT2D eigenvalue weighted by molar-refractivity contribution is -0.137. The number of amides is 4. The van der Waals surface area contributed by atoms with Crippen LogP contribution in [0.15, 0.2) is 97.1 Å². The molecule has 63 heavy (non-hydrogen) atoms. The molecule has 5 N–H and O–H groups in total. The topological polar surface area (TPSA) is 154 Å². The second-order valence-electron chi connectivity index (χ2n) is 16.3. The van der Waals surface area contributed by atoms with Gasteiger partial charge in [-0.2, -0.15) is 0 Å². The van der Waals surface area contributed by atoms with Crippen molar-refractivity contribution in [2.45, 2.75) is 87.4 Å². The largest absolute Gasteiger partial charge is 0.341 e. The zero-order valence-corrected chi connectivity index (χ0v) is 35.0. The van der Waals surface area contributed by atoms with E-state index in [2.05, 4.69) is 16.0 Å². The Hall–Kier alpha value is -5.93. The Labute approximate surface area is 364 Å². The van der Waals surface area contributed by atoms with Crippen LogP contribution in [0.2, 0.25) is 0 Å². The van der Waals surface area contributed by atoms with Crippen LogP contribution in [0.3, 0.4) is 0 Å². The summed E-state index contributed by atoms with van der Waals surface area (Å²) in [4.78, 5) is 63.4. The van der Waals surface area contributed by atoms with Gasteiger partial charge in [-0.1, -0.05) is 24.3 Å². The Bertz CT molecular complexity index is 2150. The van der Waals surface area contributed by atoms with Gasteiger partial charge in [-0.25, -0.2) is 17.6 Å². The second kappa shape index (κ2) is 22.4. The number of halogens is 4. The molecule has 8 rings (SSSR count). The molecule has 4 aliphatic rings. The van der Waals surface area contributed by atoms with E-state index in [1.807, 2.05) is 24.3 Å². The van der Waals surface area contributed by atoms with Crippen molar-refractivity contribution in [3.63, 3.8) is 0 Å². The summed E-state index contributed by atoms with van der Waals surface area (Å²) in [5.41, 5.74) is 8.56. The lowest BCUT2D eigenvalue weighted by Gasteiger charge is -2.34. The number of hydrogen-bond acceptors (Lipinski definition) is 7. The van der Waals surface area contributed by atoms with E-state index in [-0.39, 0.29) is 47.8 Å². The highest BCUT2D eigenvalue weighted by atomic mass is 19.1. The van der Waals surface area contributed by atoms with E-state index in [9.17, 15) is 41.5 Å². The molecule has 0 radical (unpaired) electrons. The van der Waals surface area contributed by atoms with Gasteiger partial charge in [-0.3, -0.25) is 19.2 Å². The molecular weight excluding hydrogens is 817 g/mol. The van der Waals surface area contributed by atoms with E-state index >= 15 is 0 Å². The van der Waals surface area contributed by atoms with Gasteiger partial charge < -0.3 is 36.3 Å². The zero-order chi connectivity index (χ0) is 44.9. The molecule has 334 valence electrons. The van der Waals surface area contributed by atoms with Gasteiger partial charge in [0.25, 0.3) is 11.8 Å². The van der Waals surface area contributed by atoms with Crippen LogP contribution < -0.4 is 21.7 Å². The summed E-state index contributed by atoms with van der Waals surface area (Å²) in [5.74, 6) is -1.40. The molecule has 15 heteroatoms. The van der Waals surface area contributed by atoms with Crippen LogP contribution in [-0.2, 0) is 14.4 Å². The summed E-state index contributed by atoms with van der Waals surface area (Å²) in [5, 5.41) is 8.94. The molecule has 2 heterocycles. The molecule has 4 amide bonds. The fourth-order valence-corrected chi connectivity index (χ4v) is 7.35. The number of nitrogens with one attached hydrogen (secondary N) is 3. The van der Waals surface area contributed by atoms with E-state index in [0.29, 0.717) is 49.0 Å². The summed E-state index contributed by atoms with van der Waals surface area (Å²) >= 11 is 0. The fraction of sp³-hybridized carbons (Fsp3) is 0.396. The Morgan fingerprint density at radius 3 is 1.38 bits per heavy atom. The monoisotopic (exact) mass is 870 g/mol. The first kappa shape index (κ1) is 46.6. The number of carbonyl (C=O) groups excluding carboxylic acids is 5. The van der Waals surface area contributed by atoms with Crippen molar-refractivity contribution in [2.24, 2.45) is 5.73 Å². The molecule has 4 aromatic rings. The first-order valence-electron chi connectivity index (χ1n) is 21.5. The second-order valence-corrected chi connectivity index (χ2v) is 16.3. The minimum absolute atomic E-state index is 0.0580. The summed E-state index contributed by atoms with van der Waals surface area (Å²) < 4.78 is 51.5. The van der Waals surface area contributed by atoms with Crippen LogP contribution in [0.25, 0.3) is 0 Å². The molecule has 4 fully saturated rings. The molecule has 4 aromatic carbocycles. The predicted molar refractivity (Wildman–Crippen MR) is 230 cm³/mol. The molecule has 2 saturated carbocycles. The molecule has 2 aliphatic carbocycles. The first-order valence-corrected chi connectivity index (χ1v) is 21.5. The average molecular weight is 871 g/mol. The molecule has 0 aromatic heterocycles. The van der Waals surface area contributed by atoms with Crippen LogP contribution in [0.4, 0.5) is 17.6 Å². The third-order valence-electron chi connectivity index (χ3n) is 11.6. The minimum Gasteiger partial charge on any atom is -0.341 e. The molecule has 0 bridgehead atoms. The summed E-state index contributed by atoms with van der Waals surface area (Å²) in [6.07, 6.45) is 6.47. The maximum atomic E-state index is 13.1. The van der Waals surface area contributed by atoms with Gasteiger partial charge in [-0.05, 0) is 135 Å². The van der Waals surface area contributed by atoms with Crippen LogP contribution in [-0.4, -0.2) is 96.6 Å². The van der Waals surface area contributed by atoms with Gasteiger partial charge in [0.05, 0.1) is 0 Å². The number of likely N-dealkylation sites (tertiary alicyclic amines) is 2. The average Bonchev–Trinajstić information content (AvgIpc) is 4.17. The van der Waals surface area contributed by atoms with Crippen LogP contribution in [0.1, 0.15) is 95.0 Å². The summed E-state index contributed by atoms with van der Waals surface area (Å²) in [6.45, 7) is 3.55. The molecule has 11 nitrogen and oxygen atoms in total. The molecule has 2 aliphatic heterocycles. The number of nitrogens with two attached hydrogens (primary N) is 1. The number of aldehydes is 1. The lowest BCUT2D eigenvalue weighted by atomic mass is 10.1. The van der Waals surface area contributed by atoms with Gasteiger partial charge in [0.2, 0.25) is 11.8 Å². The fourth-order valence-electron chi connectivity index (χ4n) is 7.35. The SMILES string of the molecule is N[C@@H]1C[C@H]1c1ccc(F)cc1.O=C(N[C@@H](CCCN[C@@H]1C[C@H]1c1ccc(F)cc1)C(=O)N1CCC1)c1ccc(F)cc1.O=CCC[C@H](NC(=O)c1ccc(F)cc1)C(=O)N1CCC1. The Morgan fingerprint density at radius 2 is 1.00 bits per heavy atom. The van der Waals surface area contributed by atoms with Gasteiger partial charge in [-0.15, -0.1) is 0 Å². The maximum Gasteiger partial charge on any atom is 0.251 e. The van der Waals surface area contributed by atoms with E-state index in [4.69, 9.17) is 5.73 Å². The standard InChI is InChI=1S/C24H27F2N3O2.C15H17FN2O3.C9H10FN/c25-18-8-4-16(5-9-18)20-15-22(20)27-12-1-3-21(24(31)29-13-2-14-29)28-23(30)17-6-10-19(26)11-7-17;16-12-6-4-11(5-7-12)14(20)17-13(3-1-10-19)15(21)18-8-2-9-18;10-7-3-1-6(2-4-7)8-5-9(8)11/h4-11,20-22,27H,1-3,12-15H2,(H,28,30);4-7,10,13H,1-3,8-9H2,(H,17,20);1-4,8-9H,5,11H2/t20-,21-,22+;13-;8-,9+/m000/s1. The number of rotatable bonds is 16. The van der Waals surface area contributed by atoms with Gasteiger partial charge in [0, 0.05) is 67.6 Å². The summed E-state index contributed by atoms with van der Waals surface area (Å²) in [7, 11) is 0. The van der Waals surface area contributed by atoms with Crippen LogP contribution >= 0.6 is 0 Å². The van der Waals surface area contributed by atoms with Crippen LogP contribution in [0, 0.1) is 23.3 Å². The Balaban J connectivity index is 0.000000177. The number of carbonyl (C=O) groups is 5. The first-order chi connectivity index (χ1) is 30.4. The minimum atomic E-state index is -0.715. The van der Waals surface area contributed by atoms with E-state index in [1.165, 1.54) is 78.4 Å². The molecule has 2 saturated heterocycles. The number of nitrogens with zero attached hydrogens (tertiary/aromatic N) is 2. The Morgan fingerprint density at radius 1 is 0.603 bits per heavy atom. The van der Waals surface area contributed by atoms with E-state index < -0.39 is 29.6 Å². The number of benzene rings is 4.